The van der Waals surface area contributed by atoms with Crippen molar-refractivity contribution in [1.29, 1.82) is 0 Å². The van der Waals surface area contributed by atoms with Gasteiger partial charge in [-0.2, -0.15) is 0 Å². The zero-order chi connectivity index (χ0) is 32.8. The molecule has 0 saturated carbocycles. The molecule has 0 saturated heterocycles. The van der Waals surface area contributed by atoms with E-state index < -0.39 is 0 Å². The van der Waals surface area contributed by atoms with Crippen molar-refractivity contribution < 1.29 is 13.3 Å². The number of hydrogen-bond donors (Lipinski definition) is 0. The number of para-hydroxylation sites is 3. The molecular formula is C46H29NO3. The predicted molar refractivity (Wildman–Crippen MR) is 205 cm³/mol. The summed E-state index contributed by atoms with van der Waals surface area (Å²) in [5.41, 5.74) is 9.97. The van der Waals surface area contributed by atoms with E-state index in [0.29, 0.717) is 0 Å². The van der Waals surface area contributed by atoms with Gasteiger partial charge >= 0.3 is 0 Å². The first-order valence-corrected chi connectivity index (χ1v) is 17.1. The molecule has 0 radical (unpaired) electrons. The number of rotatable bonds is 4. The van der Waals surface area contributed by atoms with Crippen molar-refractivity contribution in [3.05, 3.63) is 156 Å². The molecule has 50 heavy (non-hydrogen) atoms. The molecule has 4 heteroatoms. The lowest BCUT2D eigenvalue weighted by molar-refractivity contribution is 0.568. The van der Waals surface area contributed by atoms with E-state index in [1.165, 1.54) is 32.5 Å². The average molecular weight is 644 g/mol. The Kier molecular flexibility index (Phi) is 5.75. The Labute approximate surface area is 286 Å². The standard InChI is InChI=1S/C46H29NO3/c1-4-10-40-35(7-1)37-22-19-32(26-44(37)49-40)47(33-20-23-38-36-8-2-5-11-41(36)50-45(38)27-33)31-17-13-28(14-18-31)29-15-21-34-30(25-29)16-24-43-46(34)39-9-3-6-12-42(39)48-43/h1-19,21-27,33H,20H2. The van der Waals surface area contributed by atoms with Gasteiger partial charge in [-0.15, -0.1) is 0 Å². The summed E-state index contributed by atoms with van der Waals surface area (Å²) in [6.07, 6.45) is 5.44. The van der Waals surface area contributed by atoms with Gasteiger partial charge in [0.2, 0.25) is 0 Å². The van der Waals surface area contributed by atoms with Gasteiger partial charge in [-0.1, -0.05) is 91.0 Å². The van der Waals surface area contributed by atoms with Gasteiger partial charge in [0.05, 0.1) is 6.04 Å². The summed E-state index contributed by atoms with van der Waals surface area (Å²) < 4.78 is 18.9. The van der Waals surface area contributed by atoms with E-state index in [1.54, 1.807) is 0 Å². The molecule has 0 N–H and O–H groups in total. The number of anilines is 2. The Balaban J connectivity index is 1.02. The predicted octanol–water partition coefficient (Wildman–Crippen LogP) is 11.2. The van der Waals surface area contributed by atoms with Crippen molar-refractivity contribution >= 4 is 89.1 Å². The second-order valence-electron chi connectivity index (χ2n) is 13.2. The van der Waals surface area contributed by atoms with Crippen LogP contribution in [0.1, 0.15) is 6.42 Å². The second-order valence-corrected chi connectivity index (χ2v) is 13.2. The molecular weight excluding hydrogens is 615 g/mol. The van der Waals surface area contributed by atoms with Crippen molar-refractivity contribution in [3.8, 4) is 11.1 Å². The lowest BCUT2D eigenvalue weighted by atomic mass is 9.97. The van der Waals surface area contributed by atoms with Crippen LogP contribution >= 0.6 is 0 Å². The topological polar surface area (TPSA) is 42.7 Å². The molecule has 4 nitrogen and oxygen atoms in total. The van der Waals surface area contributed by atoms with Crippen molar-refractivity contribution in [3.63, 3.8) is 0 Å². The van der Waals surface area contributed by atoms with E-state index in [4.69, 9.17) is 13.3 Å². The van der Waals surface area contributed by atoms with Gasteiger partial charge in [0.1, 0.15) is 33.3 Å². The first-order valence-electron chi connectivity index (χ1n) is 17.1. The van der Waals surface area contributed by atoms with Gasteiger partial charge in [-0.3, -0.25) is 0 Å². The van der Waals surface area contributed by atoms with Gasteiger partial charge in [0.25, 0.3) is 0 Å². The van der Waals surface area contributed by atoms with Crippen LogP contribution in [0, 0.1) is 0 Å². The molecule has 1 atom stereocenters. The zero-order valence-corrected chi connectivity index (χ0v) is 27.0. The molecule has 1 unspecified atom stereocenters. The molecule has 236 valence electrons. The van der Waals surface area contributed by atoms with Crippen LogP contribution in [0.4, 0.5) is 11.4 Å². The van der Waals surface area contributed by atoms with Gasteiger partial charge in [0, 0.05) is 49.6 Å². The quantitative estimate of drug-likeness (QED) is 0.191. The summed E-state index contributed by atoms with van der Waals surface area (Å²) in [4.78, 5) is 2.41. The summed E-state index contributed by atoms with van der Waals surface area (Å²) in [6.45, 7) is 0. The minimum Gasteiger partial charge on any atom is -0.456 e. The molecule has 7 aromatic carbocycles. The molecule has 0 spiro atoms. The van der Waals surface area contributed by atoms with Crippen LogP contribution in [-0.4, -0.2) is 6.04 Å². The molecule has 3 heterocycles. The van der Waals surface area contributed by atoms with E-state index >= 15 is 0 Å². The molecule has 1 aliphatic rings. The summed E-state index contributed by atoms with van der Waals surface area (Å²) in [6, 6.07) is 51.3. The Hall–Kier alpha value is -6.52. The highest BCUT2D eigenvalue weighted by molar-refractivity contribution is 6.19. The lowest BCUT2D eigenvalue weighted by Crippen LogP contribution is -2.36. The third-order valence-corrected chi connectivity index (χ3v) is 10.4. The molecule has 3 aromatic heterocycles. The van der Waals surface area contributed by atoms with Gasteiger partial charge in [-0.05, 0) is 89.0 Å². The monoisotopic (exact) mass is 643 g/mol. The Morgan fingerprint density at radius 3 is 1.94 bits per heavy atom. The smallest absolute Gasteiger partial charge is 0.137 e. The number of hydrogen-bond acceptors (Lipinski definition) is 4. The fourth-order valence-corrected chi connectivity index (χ4v) is 8.02. The van der Waals surface area contributed by atoms with E-state index in [2.05, 4.69) is 126 Å². The normalized spacial score (nSPS) is 14.4. The highest BCUT2D eigenvalue weighted by Crippen LogP contribution is 2.39. The highest BCUT2D eigenvalue weighted by atomic mass is 16.3. The second kappa shape index (κ2) is 10.5. The van der Waals surface area contributed by atoms with Crippen LogP contribution in [-0.2, 0) is 0 Å². The Morgan fingerprint density at radius 2 is 1.10 bits per heavy atom. The van der Waals surface area contributed by atoms with Gasteiger partial charge < -0.3 is 18.2 Å². The van der Waals surface area contributed by atoms with Crippen molar-refractivity contribution in [2.24, 2.45) is 0 Å². The van der Waals surface area contributed by atoms with E-state index in [1.807, 2.05) is 36.4 Å². The van der Waals surface area contributed by atoms with Crippen molar-refractivity contribution in [2.45, 2.75) is 12.5 Å². The summed E-state index contributed by atoms with van der Waals surface area (Å²) in [7, 11) is 0. The van der Waals surface area contributed by atoms with Gasteiger partial charge in [0.15, 0.2) is 0 Å². The first kappa shape index (κ1) is 27.4. The third-order valence-electron chi connectivity index (χ3n) is 10.4. The average Bonchev–Trinajstić information content (AvgIpc) is 3.86. The summed E-state index contributed by atoms with van der Waals surface area (Å²) >= 11 is 0. The Morgan fingerprint density at radius 1 is 0.460 bits per heavy atom. The minimum absolute atomic E-state index is 0.0450. The van der Waals surface area contributed by atoms with Crippen LogP contribution in [0.3, 0.4) is 0 Å². The van der Waals surface area contributed by atoms with E-state index in [9.17, 15) is 0 Å². The fourth-order valence-electron chi connectivity index (χ4n) is 8.02. The molecule has 0 fully saturated rings. The van der Waals surface area contributed by atoms with Gasteiger partial charge in [-0.25, -0.2) is 0 Å². The molecule has 0 aliphatic heterocycles. The zero-order valence-electron chi connectivity index (χ0n) is 27.0. The highest BCUT2D eigenvalue weighted by Gasteiger charge is 2.23. The van der Waals surface area contributed by atoms with Crippen LogP contribution in [0.2, 0.25) is 0 Å². The number of nitrogens with zero attached hydrogens (tertiary/aromatic N) is 1. The molecule has 10 aromatic rings. The van der Waals surface area contributed by atoms with E-state index in [-0.39, 0.29) is 6.04 Å². The molecule has 0 bridgehead atoms. The summed E-state index contributed by atoms with van der Waals surface area (Å²) in [5, 5.41) is 9.31. The van der Waals surface area contributed by atoms with Crippen molar-refractivity contribution in [1.82, 2.24) is 0 Å². The Bertz CT molecular complexity index is 3090. The molecule has 1 aliphatic carbocycles. The van der Waals surface area contributed by atoms with Crippen LogP contribution in [0.15, 0.2) is 159 Å². The largest absolute Gasteiger partial charge is 0.456 e. The fraction of sp³-hybridized carbons (Fsp3) is 0.0435. The first-order chi connectivity index (χ1) is 24.7. The van der Waals surface area contributed by atoms with Crippen LogP contribution in [0.5, 0.6) is 0 Å². The van der Waals surface area contributed by atoms with Crippen LogP contribution in [0.25, 0.3) is 88.9 Å². The summed E-state index contributed by atoms with van der Waals surface area (Å²) in [5.74, 6) is 0. The molecule has 0 amide bonds. The van der Waals surface area contributed by atoms with Crippen molar-refractivity contribution in [2.75, 3.05) is 4.90 Å². The maximum atomic E-state index is 6.37. The maximum Gasteiger partial charge on any atom is 0.137 e. The van der Waals surface area contributed by atoms with Crippen LogP contribution < -0.4 is 15.5 Å². The number of furan rings is 3. The third kappa shape index (κ3) is 4.12. The number of benzene rings is 7. The molecule has 11 rings (SSSR count). The SMILES string of the molecule is C1=c2oc3ccccc3c2=CCC1N(c1ccc(-c2ccc3c(ccc4oc5ccccc5c43)c2)cc1)c1ccc2c(c1)oc1ccccc12. The minimum atomic E-state index is 0.0450. The number of fused-ring (bicyclic) bond motifs is 11. The maximum absolute atomic E-state index is 6.37. The van der Waals surface area contributed by atoms with E-state index in [0.717, 1.165) is 72.7 Å². The lowest BCUT2D eigenvalue weighted by Gasteiger charge is -2.32.